The molecule has 3 atom stereocenters. The zero-order chi connectivity index (χ0) is 16.6. The van der Waals surface area contributed by atoms with Gasteiger partial charge in [-0.05, 0) is 51.8 Å². The van der Waals surface area contributed by atoms with E-state index in [0.717, 1.165) is 28.9 Å². The quantitative estimate of drug-likeness (QED) is 0.671. The minimum atomic E-state index is 0.195. The predicted octanol–water partition coefficient (Wildman–Crippen LogP) is 4.23. The number of fused-ring (bicyclic) bond motifs is 5. The highest BCUT2D eigenvalue weighted by atomic mass is 16.3. The molecule has 2 aliphatic rings. The van der Waals surface area contributed by atoms with Gasteiger partial charge in [-0.15, -0.1) is 0 Å². The first kappa shape index (κ1) is 14.3. The SMILES string of the molecule is Cc1ccc2c(n1)oc1c(N3C(C)N4CCC3(C)C4)c(C)ccc12. The first-order chi connectivity index (χ1) is 11.5. The minimum absolute atomic E-state index is 0.195. The number of aryl methyl sites for hydroxylation is 2. The van der Waals surface area contributed by atoms with Crippen LogP contribution in [-0.2, 0) is 0 Å². The Morgan fingerprint density at radius 3 is 2.71 bits per heavy atom. The van der Waals surface area contributed by atoms with E-state index < -0.39 is 0 Å². The molecule has 1 aromatic carbocycles. The Morgan fingerprint density at radius 2 is 1.96 bits per heavy atom. The van der Waals surface area contributed by atoms with Crippen LogP contribution in [0.1, 0.15) is 31.5 Å². The Hall–Kier alpha value is -2.07. The van der Waals surface area contributed by atoms with Crippen molar-refractivity contribution in [2.24, 2.45) is 0 Å². The number of anilines is 1. The highest BCUT2D eigenvalue weighted by Crippen LogP contribution is 2.47. The summed E-state index contributed by atoms with van der Waals surface area (Å²) in [5, 5.41) is 2.28. The lowest BCUT2D eigenvalue weighted by Gasteiger charge is -2.42. The molecule has 0 radical (unpaired) electrons. The number of hydrogen-bond donors (Lipinski definition) is 0. The van der Waals surface area contributed by atoms with Crippen LogP contribution in [0.5, 0.6) is 0 Å². The second-order valence-electron chi connectivity index (χ2n) is 7.73. The Balaban J connectivity index is 1.82. The molecule has 0 amide bonds. The molecular formula is C20H23N3O. The number of hydrogen-bond acceptors (Lipinski definition) is 4. The third-order valence-corrected chi connectivity index (χ3v) is 6.03. The van der Waals surface area contributed by atoms with Crippen molar-refractivity contribution in [2.45, 2.75) is 45.8 Å². The maximum Gasteiger partial charge on any atom is 0.227 e. The molecule has 2 aromatic heterocycles. The number of benzene rings is 1. The fraction of sp³-hybridized carbons (Fsp3) is 0.450. The van der Waals surface area contributed by atoms with Crippen LogP contribution >= 0.6 is 0 Å². The zero-order valence-electron chi connectivity index (χ0n) is 14.8. The van der Waals surface area contributed by atoms with Crippen LogP contribution in [0.25, 0.3) is 22.1 Å². The maximum atomic E-state index is 6.29. The van der Waals surface area contributed by atoms with Gasteiger partial charge in [-0.25, -0.2) is 4.98 Å². The second-order valence-corrected chi connectivity index (χ2v) is 7.73. The van der Waals surface area contributed by atoms with Gasteiger partial charge in [0, 0.05) is 29.6 Å². The monoisotopic (exact) mass is 321 g/mol. The number of pyridine rings is 1. The zero-order valence-corrected chi connectivity index (χ0v) is 14.8. The van der Waals surface area contributed by atoms with E-state index in [0.29, 0.717) is 6.17 Å². The third-order valence-electron chi connectivity index (χ3n) is 6.03. The van der Waals surface area contributed by atoms with Gasteiger partial charge in [-0.1, -0.05) is 12.1 Å². The highest BCUT2D eigenvalue weighted by Gasteiger charge is 2.51. The summed E-state index contributed by atoms with van der Waals surface area (Å²) in [4.78, 5) is 9.76. The lowest BCUT2D eigenvalue weighted by Crippen LogP contribution is -2.50. The molecule has 24 heavy (non-hydrogen) atoms. The molecule has 2 fully saturated rings. The van der Waals surface area contributed by atoms with Crippen LogP contribution in [0.4, 0.5) is 5.69 Å². The molecule has 0 aliphatic carbocycles. The Morgan fingerprint density at radius 1 is 1.17 bits per heavy atom. The van der Waals surface area contributed by atoms with Gasteiger partial charge >= 0.3 is 0 Å². The maximum absolute atomic E-state index is 6.29. The van der Waals surface area contributed by atoms with Crippen LogP contribution < -0.4 is 4.90 Å². The van der Waals surface area contributed by atoms with Crippen molar-refractivity contribution in [3.8, 4) is 0 Å². The lowest BCUT2D eigenvalue weighted by atomic mass is 9.96. The van der Waals surface area contributed by atoms with Crippen molar-refractivity contribution in [1.29, 1.82) is 0 Å². The summed E-state index contributed by atoms with van der Waals surface area (Å²) in [6.07, 6.45) is 1.63. The lowest BCUT2D eigenvalue weighted by molar-refractivity contribution is 0.278. The van der Waals surface area contributed by atoms with Gasteiger partial charge in [0.15, 0.2) is 5.58 Å². The molecule has 5 rings (SSSR count). The Labute approximate surface area is 142 Å². The van der Waals surface area contributed by atoms with E-state index in [1.807, 2.05) is 6.92 Å². The van der Waals surface area contributed by atoms with Gasteiger partial charge in [-0.3, -0.25) is 4.90 Å². The number of furan rings is 1. The molecule has 124 valence electrons. The average Bonchev–Trinajstić information content (AvgIpc) is 3.16. The first-order valence-corrected chi connectivity index (χ1v) is 8.81. The second kappa shape index (κ2) is 4.51. The molecule has 4 nitrogen and oxygen atoms in total. The van der Waals surface area contributed by atoms with Crippen molar-refractivity contribution in [3.05, 3.63) is 35.5 Å². The van der Waals surface area contributed by atoms with E-state index in [2.05, 4.69) is 59.8 Å². The molecular weight excluding hydrogens is 298 g/mol. The van der Waals surface area contributed by atoms with E-state index in [1.165, 1.54) is 29.6 Å². The van der Waals surface area contributed by atoms with Gasteiger partial charge in [0.2, 0.25) is 5.71 Å². The summed E-state index contributed by atoms with van der Waals surface area (Å²) >= 11 is 0. The van der Waals surface area contributed by atoms with Crippen molar-refractivity contribution in [1.82, 2.24) is 9.88 Å². The van der Waals surface area contributed by atoms with E-state index in [9.17, 15) is 0 Å². The normalized spacial score (nSPS) is 29.2. The molecule has 2 saturated heterocycles. The summed E-state index contributed by atoms with van der Waals surface area (Å²) in [5.41, 5.74) is 5.46. The Bertz CT molecular complexity index is 976. The molecule has 0 spiro atoms. The average molecular weight is 321 g/mol. The largest absolute Gasteiger partial charge is 0.436 e. The molecule has 4 heteroatoms. The van der Waals surface area contributed by atoms with Crippen LogP contribution in [0, 0.1) is 13.8 Å². The van der Waals surface area contributed by atoms with Crippen LogP contribution in [-0.4, -0.2) is 34.7 Å². The molecule has 2 bridgehead atoms. The highest BCUT2D eigenvalue weighted by molar-refractivity contribution is 6.08. The number of nitrogens with zero attached hydrogens (tertiary/aromatic N) is 3. The Kier molecular flexibility index (Phi) is 2.69. The number of aromatic nitrogens is 1. The topological polar surface area (TPSA) is 32.5 Å². The van der Waals surface area contributed by atoms with Gasteiger partial charge < -0.3 is 9.32 Å². The van der Waals surface area contributed by atoms with E-state index in [-0.39, 0.29) is 5.54 Å². The van der Waals surface area contributed by atoms with Crippen molar-refractivity contribution in [2.75, 3.05) is 18.0 Å². The van der Waals surface area contributed by atoms with Gasteiger partial charge in [-0.2, -0.15) is 0 Å². The van der Waals surface area contributed by atoms with Gasteiger partial charge in [0.25, 0.3) is 0 Å². The van der Waals surface area contributed by atoms with E-state index in [4.69, 9.17) is 4.42 Å². The minimum Gasteiger partial charge on any atom is -0.436 e. The number of rotatable bonds is 1. The van der Waals surface area contributed by atoms with Crippen LogP contribution in [0.15, 0.2) is 28.7 Å². The van der Waals surface area contributed by atoms with Crippen LogP contribution in [0.2, 0.25) is 0 Å². The summed E-state index contributed by atoms with van der Waals surface area (Å²) in [7, 11) is 0. The van der Waals surface area contributed by atoms with E-state index >= 15 is 0 Å². The summed E-state index contributed by atoms with van der Waals surface area (Å²) in [6.45, 7) is 11.2. The van der Waals surface area contributed by atoms with Gasteiger partial charge in [0.05, 0.1) is 17.4 Å². The predicted molar refractivity (Wildman–Crippen MR) is 97.5 cm³/mol. The van der Waals surface area contributed by atoms with Crippen molar-refractivity contribution < 1.29 is 4.42 Å². The van der Waals surface area contributed by atoms with Crippen molar-refractivity contribution >= 4 is 27.8 Å². The summed E-state index contributed by atoms with van der Waals surface area (Å²) < 4.78 is 6.29. The fourth-order valence-electron chi connectivity index (χ4n) is 4.76. The first-order valence-electron chi connectivity index (χ1n) is 8.81. The van der Waals surface area contributed by atoms with Crippen LogP contribution in [0.3, 0.4) is 0 Å². The molecule has 0 saturated carbocycles. The van der Waals surface area contributed by atoms with Crippen molar-refractivity contribution in [3.63, 3.8) is 0 Å². The summed E-state index contributed by atoms with van der Waals surface area (Å²) in [5.74, 6) is 0. The standard InChI is InChI=1S/C20H23N3O/c1-12-5-7-15-16-8-6-13(2)21-19(16)24-18(15)17(12)23-14(3)22-10-9-20(23,4)11-22/h5-8,14H,9-11H2,1-4H3. The smallest absolute Gasteiger partial charge is 0.227 e. The van der Waals surface area contributed by atoms with Gasteiger partial charge in [0.1, 0.15) is 0 Å². The molecule has 3 aromatic rings. The molecule has 2 aliphatic heterocycles. The molecule has 3 unspecified atom stereocenters. The molecule has 0 N–H and O–H groups in total. The third kappa shape index (κ3) is 1.69. The summed E-state index contributed by atoms with van der Waals surface area (Å²) in [6, 6.07) is 8.60. The molecule has 4 heterocycles. The fourth-order valence-corrected chi connectivity index (χ4v) is 4.76. The van der Waals surface area contributed by atoms with E-state index in [1.54, 1.807) is 0 Å².